The summed E-state index contributed by atoms with van der Waals surface area (Å²) in [5.41, 5.74) is 0.222. The van der Waals surface area contributed by atoms with Crippen LogP contribution in [-0.4, -0.2) is 12.6 Å². The molecule has 0 heterocycles. The molecule has 0 spiro atoms. The van der Waals surface area contributed by atoms with Gasteiger partial charge in [0.15, 0.2) is 5.83 Å². The predicted molar refractivity (Wildman–Crippen MR) is 56.7 cm³/mol. The van der Waals surface area contributed by atoms with E-state index in [0.29, 0.717) is 5.02 Å². The highest BCUT2D eigenvalue weighted by Crippen LogP contribution is 2.14. The molecule has 0 N–H and O–H groups in total. The van der Waals surface area contributed by atoms with Crippen molar-refractivity contribution in [2.75, 3.05) is 6.61 Å². The van der Waals surface area contributed by atoms with E-state index < -0.39 is 30.9 Å². The molecule has 0 amide bonds. The van der Waals surface area contributed by atoms with Gasteiger partial charge >= 0.3 is 12.0 Å². The normalized spacial score (nSPS) is 9.88. The first-order chi connectivity index (χ1) is 8.00. The Morgan fingerprint density at radius 2 is 1.76 bits per heavy atom. The minimum absolute atomic E-state index is 0.222. The van der Waals surface area contributed by atoms with Gasteiger partial charge in [-0.15, -0.1) is 0 Å². The van der Waals surface area contributed by atoms with E-state index in [2.05, 4.69) is 4.74 Å². The highest BCUT2D eigenvalue weighted by molar-refractivity contribution is 6.30. The third-order valence-electron chi connectivity index (χ3n) is 1.84. The predicted octanol–water partition coefficient (Wildman–Crippen LogP) is 3.96. The van der Waals surface area contributed by atoms with E-state index in [9.17, 15) is 18.0 Å². The lowest BCUT2D eigenvalue weighted by Crippen LogP contribution is -2.06. The second-order valence-electron chi connectivity index (χ2n) is 3.06. The maximum atomic E-state index is 12.4. The SMILES string of the molecule is O=C(OCCC(F)=C(F)F)c1ccc(Cl)cc1. The molecule has 0 fully saturated rings. The number of esters is 1. The van der Waals surface area contributed by atoms with Crippen molar-refractivity contribution in [1.82, 2.24) is 0 Å². The zero-order chi connectivity index (χ0) is 12.8. The average molecular weight is 265 g/mol. The maximum absolute atomic E-state index is 12.4. The lowest BCUT2D eigenvalue weighted by atomic mass is 10.2. The summed E-state index contributed by atoms with van der Waals surface area (Å²) in [5.74, 6) is -2.29. The number of carbonyl (C=O) groups excluding carboxylic acids is 1. The topological polar surface area (TPSA) is 26.3 Å². The number of benzene rings is 1. The fourth-order valence-corrected chi connectivity index (χ4v) is 1.12. The number of carbonyl (C=O) groups is 1. The van der Waals surface area contributed by atoms with Gasteiger partial charge in [-0.1, -0.05) is 11.6 Å². The molecule has 0 aliphatic carbocycles. The zero-order valence-electron chi connectivity index (χ0n) is 8.55. The van der Waals surface area contributed by atoms with Gasteiger partial charge in [0.2, 0.25) is 0 Å². The molecule has 6 heteroatoms. The van der Waals surface area contributed by atoms with Gasteiger partial charge in [0, 0.05) is 11.4 Å². The van der Waals surface area contributed by atoms with Crippen molar-refractivity contribution >= 4 is 17.6 Å². The Balaban J connectivity index is 2.46. The van der Waals surface area contributed by atoms with E-state index in [1.165, 1.54) is 24.3 Å². The summed E-state index contributed by atoms with van der Waals surface area (Å²) < 4.78 is 40.3. The fraction of sp³-hybridized carbons (Fsp3) is 0.182. The van der Waals surface area contributed by atoms with Gasteiger partial charge in [-0.2, -0.15) is 8.78 Å². The molecule has 1 aromatic carbocycles. The number of hydrogen-bond acceptors (Lipinski definition) is 2. The molecule has 2 nitrogen and oxygen atoms in total. The van der Waals surface area contributed by atoms with Crippen LogP contribution >= 0.6 is 11.6 Å². The molecule has 0 saturated heterocycles. The van der Waals surface area contributed by atoms with Crippen LogP contribution in [0.25, 0.3) is 0 Å². The molecular formula is C11H8ClF3O2. The van der Waals surface area contributed by atoms with Crippen LogP contribution in [0.3, 0.4) is 0 Å². The molecule has 92 valence electrons. The maximum Gasteiger partial charge on any atom is 0.338 e. The molecule has 0 unspecified atom stereocenters. The van der Waals surface area contributed by atoms with Gasteiger partial charge in [0.05, 0.1) is 12.2 Å². The first kappa shape index (κ1) is 13.6. The molecule has 0 atom stereocenters. The van der Waals surface area contributed by atoms with Gasteiger partial charge in [-0.25, -0.2) is 9.18 Å². The highest BCUT2D eigenvalue weighted by Gasteiger charge is 2.09. The standard InChI is InChI=1S/C11H8ClF3O2/c12-8-3-1-7(2-4-8)11(16)17-6-5-9(13)10(14)15/h1-4H,5-6H2. The van der Waals surface area contributed by atoms with Crippen LogP contribution in [0.4, 0.5) is 13.2 Å². The van der Waals surface area contributed by atoms with Crippen molar-refractivity contribution < 1.29 is 22.7 Å². The Bertz CT molecular complexity index is 425. The molecule has 0 saturated carbocycles. The van der Waals surface area contributed by atoms with Crippen molar-refractivity contribution in [2.45, 2.75) is 6.42 Å². The summed E-state index contributed by atoms with van der Waals surface area (Å²) in [6.45, 7) is -0.440. The first-order valence-corrected chi connectivity index (χ1v) is 5.01. The van der Waals surface area contributed by atoms with Crippen molar-refractivity contribution in [3.63, 3.8) is 0 Å². The second kappa shape index (κ2) is 6.30. The van der Waals surface area contributed by atoms with Crippen LogP contribution in [0.15, 0.2) is 36.2 Å². The third-order valence-corrected chi connectivity index (χ3v) is 2.09. The Morgan fingerprint density at radius 3 is 2.29 bits per heavy atom. The largest absolute Gasteiger partial charge is 0.462 e. The monoisotopic (exact) mass is 264 g/mol. The van der Waals surface area contributed by atoms with Gasteiger partial charge in [-0.05, 0) is 24.3 Å². The molecule has 0 aromatic heterocycles. The van der Waals surface area contributed by atoms with E-state index in [1.54, 1.807) is 0 Å². The van der Waals surface area contributed by atoms with Crippen molar-refractivity contribution in [2.24, 2.45) is 0 Å². The summed E-state index contributed by atoms with van der Waals surface area (Å²) >= 11 is 5.61. The van der Waals surface area contributed by atoms with Crippen LogP contribution < -0.4 is 0 Å². The summed E-state index contributed by atoms with van der Waals surface area (Å²) in [4.78, 5) is 11.3. The minimum atomic E-state index is -2.40. The van der Waals surface area contributed by atoms with Gasteiger partial charge < -0.3 is 4.74 Å². The van der Waals surface area contributed by atoms with Crippen LogP contribution in [0, 0.1) is 0 Å². The molecule has 1 rings (SSSR count). The van der Waals surface area contributed by atoms with E-state index in [-0.39, 0.29) is 5.56 Å². The minimum Gasteiger partial charge on any atom is -0.462 e. The molecule has 0 aliphatic rings. The quantitative estimate of drug-likeness (QED) is 0.769. The van der Waals surface area contributed by atoms with Gasteiger partial charge in [-0.3, -0.25) is 0 Å². The van der Waals surface area contributed by atoms with E-state index in [4.69, 9.17) is 11.6 Å². The van der Waals surface area contributed by atoms with Crippen LogP contribution in [0.2, 0.25) is 5.02 Å². The summed E-state index contributed by atoms with van der Waals surface area (Å²) in [6.07, 6.45) is -3.03. The summed E-state index contributed by atoms with van der Waals surface area (Å²) in [6, 6.07) is 5.82. The van der Waals surface area contributed by atoms with Crippen LogP contribution in [0.5, 0.6) is 0 Å². The number of ether oxygens (including phenoxy) is 1. The zero-order valence-corrected chi connectivity index (χ0v) is 9.31. The molecule has 0 bridgehead atoms. The van der Waals surface area contributed by atoms with Crippen molar-refractivity contribution in [3.8, 4) is 0 Å². The Labute approximate surface area is 101 Å². The molecule has 17 heavy (non-hydrogen) atoms. The first-order valence-electron chi connectivity index (χ1n) is 4.63. The fourth-order valence-electron chi connectivity index (χ4n) is 0.997. The van der Waals surface area contributed by atoms with Crippen LogP contribution in [0.1, 0.15) is 16.8 Å². The Kier molecular flexibility index (Phi) is 5.03. The van der Waals surface area contributed by atoms with E-state index >= 15 is 0 Å². The Morgan fingerprint density at radius 1 is 1.18 bits per heavy atom. The lowest BCUT2D eigenvalue weighted by Gasteiger charge is -2.03. The Hall–Kier alpha value is -1.49. The van der Waals surface area contributed by atoms with Crippen LogP contribution in [-0.2, 0) is 4.74 Å². The average Bonchev–Trinajstić information content (AvgIpc) is 2.29. The van der Waals surface area contributed by atoms with Crippen molar-refractivity contribution in [3.05, 3.63) is 46.8 Å². The lowest BCUT2D eigenvalue weighted by molar-refractivity contribution is 0.0502. The van der Waals surface area contributed by atoms with Gasteiger partial charge in [0.25, 0.3) is 0 Å². The molecule has 1 aromatic rings. The second-order valence-corrected chi connectivity index (χ2v) is 3.49. The van der Waals surface area contributed by atoms with E-state index in [1.807, 2.05) is 0 Å². The molecular weight excluding hydrogens is 257 g/mol. The smallest absolute Gasteiger partial charge is 0.338 e. The number of halogens is 4. The molecule has 0 aliphatic heterocycles. The summed E-state index contributed by atoms with van der Waals surface area (Å²) in [7, 11) is 0. The highest BCUT2D eigenvalue weighted by atomic mass is 35.5. The van der Waals surface area contributed by atoms with E-state index in [0.717, 1.165) is 0 Å². The number of hydrogen-bond donors (Lipinski definition) is 0. The van der Waals surface area contributed by atoms with Gasteiger partial charge in [0.1, 0.15) is 0 Å². The molecule has 0 radical (unpaired) electrons. The number of rotatable bonds is 4. The van der Waals surface area contributed by atoms with Crippen molar-refractivity contribution in [1.29, 1.82) is 0 Å². The summed E-state index contributed by atoms with van der Waals surface area (Å²) in [5, 5.41) is 0.454. The third kappa shape index (κ3) is 4.48.